The van der Waals surface area contributed by atoms with E-state index in [1.807, 2.05) is 0 Å². The highest BCUT2D eigenvalue weighted by Crippen LogP contribution is 2.18. The maximum atomic E-state index is 12.1. The molecule has 1 fully saturated rings. The van der Waals surface area contributed by atoms with Gasteiger partial charge in [-0.1, -0.05) is 12.8 Å². The van der Waals surface area contributed by atoms with E-state index < -0.39 is 0 Å². The molecule has 6 nitrogen and oxygen atoms in total. The number of carbonyl (C=O) groups is 1. The van der Waals surface area contributed by atoms with Gasteiger partial charge in [0.25, 0.3) is 0 Å². The molecular formula is C12H15N5O. The average Bonchev–Trinajstić information content (AvgIpc) is 3.11. The number of aromatic nitrogens is 4. The molecule has 1 aliphatic carbocycles. The number of imidazole rings is 2. The molecule has 1 saturated carbocycles. The lowest BCUT2D eigenvalue weighted by Crippen LogP contribution is -2.36. The van der Waals surface area contributed by atoms with Crippen LogP contribution in [0.2, 0.25) is 0 Å². The molecule has 0 bridgehead atoms. The lowest BCUT2D eigenvalue weighted by Gasteiger charge is -2.13. The minimum Gasteiger partial charge on any atom is -0.343 e. The van der Waals surface area contributed by atoms with E-state index in [9.17, 15) is 4.79 Å². The third kappa shape index (κ3) is 2.01. The molecule has 2 N–H and O–H groups in total. The van der Waals surface area contributed by atoms with Crippen LogP contribution in [0.25, 0.3) is 11.5 Å². The summed E-state index contributed by atoms with van der Waals surface area (Å²) in [4.78, 5) is 23.3. The quantitative estimate of drug-likeness (QED) is 0.846. The van der Waals surface area contributed by atoms with Gasteiger partial charge in [-0.25, -0.2) is 19.3 Å². The molecule has 0 saturated heterocycles. The van der Waals surface area contributed by atoms with Crippen molar-refractivity contribution in [2.75, 3.05) is 0 Å². The zero-order chi connectivity index (χ0) is 12.4. The first kappa shape index (κ1) is 11.0. The molecule has 94 valence electrons. The molecule has 6 heteroatoms. The molecule has 0 aliphatic heterocycles. The molecule has 0 aromatic carbocycles. The molecular weight excluding hydrogens is 230 g/mol. The highest BCUT2D eigenvalue weighted by atomic mass is 16.2. The number of rotatable bonds is 2. The summed E-state index contributed by atoms with van der Waals surface area (Å²) in [5, 5.41) is 3.03. The van der Waals surface area contributed by atoms with Crippen LogP contribution < -0.4 is 5.32 Å². The fourth-order valence-electron chi connectivity index (χ4n) is 2.35. The standard InChI is InChI=1S/C12H15N5O/c18-12(16-9-3-1-2-4-9)17-8-13-7-10(17)11-14-5-6-15-11/h5-9H,1-4H2,(H,14,15)(H,16,18). The number of hydrogen-bond donors (Lipinski definition) is 2. The van der Waals surface area contributed by atoms with Crippen LogP contribution >= 0.6 is 0 Å². The Morgan fingerprint density at radius 1 is 1.44 bits per heavy atom. The van der Waals surface area contributed by atoms with Crippen molar-refractivity contribution in [2.45, 2.75) is 31.7 Å². The van der Waals surface area contributed by atoms with Gasteiger partial charge in [0, 0.05) is 18.4 Å². The van der Waals surface area contributed by atoms with Crippen LogP contribution in [-0.4, -0.2) is 31.6 Å². The van der Waals surface area contributed by atoms with E-state index in [-0.39, 0.29) is 6.03 Å². The number of carbonyl (C=O) groups excluding carboxylic acids is 1. The van der Waals surface area contributed by atoms with E-state index in [0.717, 1.165) is 12.8 Å². The van der Waals surface area contributed by atoms with Crippen molar-refractivity contribution in [1.82, 2.24) is 24.8 Å². The van der Waals surface area contributed by atoms with Gasteiger partial charge in [-0.2, -0.15) is 0 Å². The summed E-state index contributed by atoms with van der Waals surface area (Å²) in [5.41, 5.74) is 0.676. The molecule has 3 rings (SSSR count). The molecule has 0 radical (unpaired) electrons. The fraction of sp³-hybridized carbons (Fsp3) is 0.417. The Morgan fingerprint density at radius 3 is 3.00 bits per heavy atom. The molecule has 1 aliphatic rings. The van der Waals surface area contributed by atoms with Crippen molar-refractivity contribution in [3.63, 3.8) is 0 Å². The van der Waals surface area contributed by atoms with E-state index in [2.05, 4.69) is 20.3 Å². The molecule has 2 heterocycles. The van der Waals surface area contributed by atoms with Gasteiger partial charge in [0.1, 0.15) is 12.0 Å². The summed E-state index contributed by atoms with van der Waals surface area (Å²) >= 11 is 0. The largest absolute Gasteiger partial charge is 0.343 e. The Morgan fingerprint density at radius 2 is 2.28 bits per heavy atom. The number of aromatic amines is 1. The Hall–Kier alpha value is -2.11. The van der Waals surface area contributed by atoms with E-state index in [0.29, 0.717) is 17.6 Å². The second-order valence-electron chi connectivity index (χ2n) is 4.52. The monoisotopic (exact) mass is 245 g/mol. The topological polar surface area (TPSA) is 75.6 Å². The molecule has 0 unspecified atom stereocenters. The Balaban J connectivity index is 1.79. The molecule has 0 spiro atoms. The van der Waals surface area contributed by atoms with E-state index in [1.165, 1.54) is 23.7 Å². The average molecular weight is 245 g/mol. The van der Waals surface area contributed by atoms with Crippen LogP contribution in [0.1, 0.15) is 25.7 Å². The van der Waals surface area contributed by atoms with Crippen LogP contribution in [0.5, 0.6) is 0 Å². The summed E-state index contributed by atoms with van der Waals surface area (Å²) in [6.45, 7) is 0. The summed E-state index contributed by atoms with van der Waals surface area (Å²) < 4.78 is 1.50. The van der Waals surface area contributed by atoms with Crippen LogP contribution in [0.4, 0.5) is 4.79 Å². The number of nitrogens with zero attached hydrogens (tertiary/aromatic N) is 3. The third-order valence-electron chi connectivity index (χ3n) is 3.28. The number of hydrogen-bond acceptors (Lipinski definition) is 3. The first-order valence-electron chi connectivity index (χ1n) is 6.17. The van der Waals surface area contributed by atoms with Crippen molar-refractivity contribution in [3.05, 3.63) is 24.9 Å². The lowest BCUT2D eigenvalue weighted by atomic mass is 10.2. The summed E-state index contributed by atoms with van der Waals surface area (Å²) in [7, 11) is 0. The van der Waals surface area contributed by atoms with Gasteiger partial charge in [-0.15, -0.1) is 0 Å². The van der Waals surface area contributed by atoms with Crippen molar-refractivity contribution >= 4 is 6.03 Å². The minimum atomic E-state index is -0.134. The third-order valence-corrected chi connectivity index (χ3v) is 3.28. The SMILES string of the molecule is O=C(NC1CCCC1)n1cncc1-c1ncc[nH]1. The van der Waals surface area contributed by atoms with Gasteiger partial charge in [0.15, 0.2) is 5.82 Å². The van der Waals surface area contributed by atoms with Crippen LogP contribution in [-0.2, 0) is 0 Å². The lowest BCUT2D eigenvalue weighted by molar-refractivity contribution is 0.239. The van der Waals surface area contributed by atoms with Crippen LogP contribution in [0.3, 0.4) is 0 Å². The zero-order valence-corrected chi connectivity index (χ0v) is 9.97. The van der Waals surface area contributed by atoms with Crippen molar-refractivity contribution in [3.8, 4) is 11.5 Å². The predicted molar refractivity (Wildman–Crippen MR) is 66.0 cm³/mol. The van der Waals surface area contributed by atoms with Gasteiger partial charge in [0.2, 0.25) is 0 Å². The van der Waals surface area contributed by atoms with Crippen molar-refractivity contribution in [2.24, 2.45) is 0 Å². The van der Waals surface area contributed by atoms with E-state index in [1.54, 1.807) is 18.6 Å². The summed E-state index contributed by atoms with van der Waals surface area (Å²) in [6, 6.07) is 0.162. The molecule has 0 atom stereocenters. The van der Waals surface area contributed by atoms with Crippen molar-refractivity contribution in [1.29, 1.82) is 0 Å². The second kappa shape index (κ2) is 4.64. The number of amides is 1. The van der Waals surface area contributed by atoms with Crippen LogP contribution in [0, 0.1) is 0 Å². The molecule has 1 amide bonds. The number of H-pyrrole nitrogens is 1. The molecule has 2 aromatic heterocycles. The van der Waals surface area contributed by atoms with Crippen LogP contribution in [0.15, 0.2) is 24.9 Å². The molecule has 2 aromatic rings. The fourth-order valence-corrected chi connectivity index (χ4v) is 2.35. The Bertz CT molecular complexity index is 524. The highest BCUT2D eigenvalue weighted by Gasteiger charge is 2.20. The Labute approximate surface area is 104 Å². The van der Waals surface area contributed by atoms with E-state index in [4.69, 9.17) is 0 Å². The maximum absolute atomic E-state index is 12.1. The summed E-state index contributed by atoms with van der Waals surface area (Å²) in [5.74, 6) is 0.647. The van der Waals surface area contributed by atoms with E-state index >= 15 is 0 Å². The first-order chi connectivity index (χ1) is 8.84. The second-order valence-corrected chi connectivity index (χ2v) is 4.52. The normalized spacial score (nSPS) is 16.0. The minimum absolute atomic E-state index is 0.134. The van der Waals surface area contributed by atoms with Gasteiger partial charge >= 0.3 is 6.03 Å². The highest BCUT2D eigenvalue weighted by molar-refractivity contribution is 5.81. The maximum Gasteiger partial charge on any atom is 0.327 e. The predicted octanol–water partition coefficient (Wildman–Crippen LogP) is 1.77. The smallest absolute Gasteiger partial charge is 0.327 e. The number of nitrogens with one attached hydrogen (secondary N) is 2. The Kier molecular flexibility index (Phi) is 2.84. The van der Waals surface area contributed by atoms with Gasteiger partial charge in [0.05, 0.1) is 6.20 Å². The summed E-state index contributed by atoms with van der Waals surface area (Å²) in [6.07, 6.45) is 11.0. The van der Waals surface area contributed by atoms with Gasteiger partial charge < -0.3 is 10.3 Å². The first-order valence-corrected chi connectivity index (χ1v) is 6.17. The van der Waals surface area contributed by atoms with Gasteiger partial charge in [-0.3, -0.25) is 0 Å². The van der Waals surface area contributed by atoms with Crippen molar-refractivity contribution < 1.29 is 4.79 Å². The zero-order valence-electron chi connectivity index (χ0n) is 9.97. The van der Waals surface area contributed by atoms with Gasteiger partial charge in [-0.05, 0) is 12.8 Å². The molecule has 18 heavy (non-hydrogen) atoms.